The number of carbonyl (C=O) groups is 1. The molecule has 0 bridgehead atoms. The van der Waals surface area contributed by atoms with Crippen molar-refractivity contribution in [3.63, 3.8) is 0 Å². The fraction of sp³-hybridized carbons (Fsp3) is 0.500. The number of aliphatic imine (C=N–C) groups is 1. The second-order valence-corrected chi connectivity index (χ2v) is 7.93. The predicted molar refractivity (Wildman–Crippen MR) is 116 cm³/mol. The third-order valence-corrected chi connectivity index (χ3v) is 5.70. The average molecular weight is 396 g/mol. The highest BCUT2D eigenvalue weighted by Crippen LogP contribution is 2.27. The van der Waals surface area contributed by atoms with Gasteiger partial charge in [0.2, 0.25) is 0 Å². The maximum absolute atomic E-state index is 12.7. The monoisotopic (exact) mass is 395 g/mol. The molecule has 7 heteroatoms. The topological polar surface area (TPSA) is 92.8 Å². The number of piperidine rings is 1. The summed E-state index contributed by atoms with van der Waals surface area (Å²) in [6, 6.07) is 10.8. The summed E-state index contributed by atoms with van der Waals surface area (Å²) in [5.74, 6) is 0.636. The van der Waals surface area contributed by atoms with Crippen molar-refractivity contribution in [2.75, 3.05) is 31.2 Å². The summed E-state index contributed by atoms with van der Waals surface area (Å²) in [7, 11) is 0. The maximum atomic E-state index is 12.7. The Balaban J connectivity index is 1.53. The van der Waals surface area contributed by atoms with Crippen molar-refractivity contribution < 1.29 is 9.53 Å². The van der Waals surface area contributed by atoms with E-state index in [9.17, 15) is 4.79 Å². The molecule has 0 radical (unpaired) electrons. The summed E-state index contributed by atoms with van der Waals surface area (Å²) < 4.78 is 5.45. The molecule has 0 unspecified atom stereocenters. The Bertz CT molecular complexity index is 895. The number of amides is 1. The maximum Gasteiger partial charge on any atom is 0.282 e. The lowest BCUT2D eigenvalue weighted by atomic mass is 10.0. The van der Waals surface area contributed by atoms with Crippen molar-refractivity contribution in [2.24, 2.45) is 10.7 Å². The van der Waals surface area contributed by atoms with E-state index in [1.807, 2.05) is 30.3 Å². The van der Waals surface area contributed by atoms with Crippen LogP contribution in [-0.4, -0.2) is 55.1 Å². The number of hydrogen-bond acceptors (Lipinski definition) is 5. The van der Waals surface area contributed by atoms with Gasteiger partial charge in [0.15, 0.2) is 0 Å². The van der Waals surface area contributed by atoms with E-state index in [1.54, 1.807) is 6.92 Å². The molecule has 4 rings (SSSR count). The molecule has 2 fully saturated rings. The van der Waals surface area contributed by atoms with Crippen LogP contribution >= 0.6 is 0 Å². The minimum atomic E-state index is -0.333. The quantitative estimate of drug-likeness (QED) is 0.610. The third-order valence-electron chi connectivity index (χ3n) is 5.70. The number of nitrogens with one attached hydrogen (secondary N) is 1. The first kappa shape index (κ1) is 19.8. The molecule has 0 saturated carbocycles. The number of anilines is 1. The van der Waals surface area contributed by atoms with Gasteiger partial charge in [0.25, 0.3) is 5.91 Å². The van der Waals surface area contributed by atoms with Gasteiger partial charge < -0.3 is 20.7 Å². The number of carbonyl (C=O) groups excluding carboxylic acids is 1. The van der Waals surface area contributed by atoms with Crippen molar-refractivity contribution in [3.8, 4) is 0 Å². The molecule has 0 atom stereocenters. The first-order valence-corrected chi connectivity index (χ1v) is 10.4. The van der Waals surface area contributed by atoms with Crippen LogP contribution in [0.1, 0.15) is 43.0 Å². The second-order valence-electron chi connectivity index (χ2n) is 7.93. The van der Waals surface area contributed by atoms with Gasteiger partial charge in [-0.15, -0.1) is 0 Å². The Kier molecular flexibility index (Phi) is 6.06. The minimum absolute atomic E-state index is 0.258. The van der Waals surface area contributed by atoms with Gasteiger partial charge in [-0.3, -0.25) is 4.79 Å². The molecule has 1 aromatic heterocycles. The Labute approximate surface area is 171 Å². The summed E-state index contributed by atoms with van der Waals surface area (Å²) in [6.07, 6.45) is 4.22. The summed E-state index contributed by atoms with van der Waals surface area (Å²) in [5, 5.41) is 4.72. The molecule has 7 nitrogen and oxygen atoms in total. The largest absolute Gasteiger partial charge is 0.387 e. The lowest BCUT2D eigenvalue weighted by molar-refractivity contribution is 0.0738. The number of para-hydroxylation sites is 1. The zero-order valence-corrected chi connectivity index (χ0v) is 16.9. The van der Waals surface area contributed by atoms with Gasteiger partial charge in [-0.25, -0.2) is 4.98 Å². The van der Waals surface area contributed by atoms with Crippen LogP contribution in [0, 0.1) is 0 Å². The summed E-state index contributed by atoms with van der Waals surface area (Å²) >= 11 is 0. The lowest BCUT2D eigenvalue weighted by Crippen LogP contribution is -2.48. The van der Waals surface area contributed by atoms with E-state index in [1.165, 1.54) is 0 Å². The molecule has 3 N–H and O–H groups in total. The highest BCUT2D eigenvalue weighted by Gasteiger charge is 2.26. The smallest absolute Gasteiger partial charge is 0.282 e. The first-order valence-electron chi connectivity index (χ1n) is 10.4. The van der Waals surface area contributed by atoms with Crippen LogP contribution in [0.15, 0.2) is 35.3 Å². The van der Waals surface area contributed by atoms with Crippen LogP contribution in [0.2, 0.25) is 0 Å². The minimum Gasteiger partial charge on any atom is -0.387 e. The zero-order chi connectivity index (χ0) is 20.2. The molecule has 3 heterocycles. The van der Waals surface area contributed by atoms with E-state index >= 15 is 0 Å². The molecule has 2 saturated heterocycles. The first-order chi connectivity index (χ1) is 14.1. The van der Waals surface area contributed by atoms with Crippen LogP contribution in [0.25, 0.3) is 10.9 Å². The number of hydrogen-bond donors (Lipinski definition) is 2. The van der Waals surface area contributed by atoms with E-state index in [4.69, 9.17) is 15.5 Å². The third kappa shape index (κ3) is 4.74. The van der Waals surface area contributed by atoms with Gasteiger partial charge in [-0.1, -0.05) is 18.2 Å². The van der Waals surface area contributed by atoms with Crippen LogP contribution in [-0.2, 0) is 4.74 Å². The molecule has 1 amide bonds. The number of nitrogens with zero attached hydrogens (tertiary/aromatic N) is 3. The van der Waals surface area contributed by atoms with E-state index in [2.05, 4.69) is 15.2 Å². The highest BCUT2D eigenvalue weighted by atomic mass is 16.5. The number of aromatic nitrogens is 1. The number of amidine groups is 1. The number of rotatable bonds is 4. The summed E-state index contributed by atoms with van der Waals surface area (Å²) in [5.41, 5.74) is 7.06. The normalized spacial score (nSPS) is 19.6. The van der Waals surface area contributed by atoms with Gasteiger partial charge in [0.05, 0.1) is 11.1 Å². The standard InChI is InChI=1S/C22H29N5O2/c1-15(23)24-22(28)19-14-16-4-2-3-5-20(16)26-21(19)27-10-6-17(7-11-27)25-18-8-12-29-13-9-18/h2-5,14,17-18,25H,6-13H2,1H3,(H2,23,24,28). The fourth-order valence-corrected chi connectivity index (χ4v) is 4.18. The Morgan fingerprint density at radius 1 is 1.17 bits per heavy atom. The average Bonchev–Trinajstić information content (AvgIpc) is 2.73. The van der Waals surface area contributed by atoms with Crippen molar-refractivity contribution in [1.82, 2.24) is 10.3 Å². The van der Waals surface area contributed by atoms with Crippen molar-refractivity contribution in [1.29, 1.82) is 0 Å². The molecule has 2 aliphatic rings. The molecule has 0 spiro atoms. The molecular formula is C22H29N5O2. The van der Waals surface area contributed by atoms with Crippen LogP contribution in [0.4, 0.5) is 5.82 Å². The fourth-order valence-electron chi connectivity index (χ4n) is 4.18. The molecule has 29 heavy (non-hydrogen) atoms. The molecule has 2 aromatic rings. The van der Waals surface area contributed by atoms with Gasteiger partial charge in [-0.2, -0.15) is 4.99 Å². The van der Waals surface area contributed by atoms with E-state index in [0.717, 1.165) is 62.9 Å². The van der Waals surface area contributed by atoms with Crippen molar-refractivity contribution in [3.05, 3.63) is 35.9 Å². The van der Waals surface area contributed by atoms with E-state index in [-0.39, 0.29) is 11.7 Å². The van der Waals surface area contributed by atoms with Gasteiger partial charge in [0, 0.05) is 43.8 Å². The van der Waals surface area contributed by atoms with Gasteiger partial charge in [0.1, 0.15) is 11.7 Å². The van der Waals surface area contributed by atoms with Crippen LogP contribution in [0.3, 0.4) is 0 Å². The zero-order valence-electron chi connectivity index (χ0n) is 16.9. The number of nitrogens with two attached hydrogens (primary N) is 1. The lowest BCUT2D eigenvalue weighted by Gasteiger charge is -2.36. The molecular weight excluding hydrogens is 366 g/mol. The van der Waals surface area contributed by atoms with Crippen LogP contribution < -0.4 is 16.0 Å². The van der Waals surface area contributed by atoms with E-state index < -0.39 is 0 Å². The van der Waals surface area contributed by atoms with Crippen molar-refractivity contribution in [2.45, 2.75) is 44.7 Å². The van der Waals surface area contributed by atoms with Crippen molar-refractivity contribution >= 4 is 28.5 Å². The number of ether oxygens (including phenoxy) is 1. The Morgan fingerprint density at radius 2 is 1.86 bits per heavy atom. The number of fused-ring (bicyclic) bond motifs is 1. The SMILES string of the molecule is CC(N)=NC(=O)c1cc2ccccc2nc1N1CCC(NC2CCOCC2)CC1. The van der Waals surface area contributed by atoms with Gasteiger partial charge >= 0.3 is 0 Å². The molecule has 154 valence electrons. The predicted octanol–water partition coefficient (Wildman–Crippen LogP) is 2.49. The van der Waals surface area contributed by atoms with E-state index in [0.29, 0.717) is 23.5 Å². The summed E-state index contributed by atoms with van der Waals surface area (Å²) in [4.78, 5) is 23.7. The molecule has 0 aliphatic carbocycles. The number of pyridine rings is 1. The number of benzene rings is 1. The Hall–Kier alpha value is -2.51. The van der Waals surface area contributed by atoms with Crippen LogP contribution in [0.5, 0.6) is 0 Å². The molecule has 2 aliphatic heterocycles. The Morgan fingerprint density at radius 3 is 2.59 bits per heavy atom. The highest BCUT2D eigenvalue weighted by molar-refractivity contribution is 6.07. The van der Waals surface area contributed by atoms with Gasteiger partial charge in [-0.05, 0) is 44.7 Å². The summed E-state index contributed by atoms with van der Waals surface area (Å²) in [6.45, 7) is 5.04. The molecule has 1 aromatic carbocycles. The second kappa shape index (κ2) is 8.88.